The van der Waals surface area contributed by atoms with E-state index in [0.29, 0.717) is 29.5 Å². The molecule has 34 heavy (non-hydrogen) atoms. The van der Waals surface area contributed by atoms with Gasteiger partial charge in [0, 0.05) is 12.2 Å². The normalized spacial score (nSPS) is 14.1. The second-order valence-corrected chi connectivity index (χ2v) is 8.52. The first-order valence-electron chi connectivity index (χ1n) is 11.6. The van der Waals surface area contributed by atoms with E-state index in [1.165, 1.54) is 51.0 Å². The molecule has 1 aromatic heterocycles. The van der Waals surface area contributed by atoms with Crippen molar-refractivity contribution in [3.05, 3.63) is 71.4 Å². The summed E-state index contributed by atoms with van der Waals surface area (Å²) in [5, 5.41) is 4.66. The van der Waals surface area contributed by atoms with Gasteiger partial charge in [0.15, 0.2) is 5.69 Å². The van der Waals surface area contributed by atoms with Gasteiger partial charge in [-0.1, -0.05) is 55.7 Å². The van der Waals surface area contributed by atoms with E-state index in [1.807, 2.05) is 42.5 Å². The maximum absolute atomic E-state index is 12.8. The quantitative estimate of drug-likeness (QED) is 0.428. The van der Waals surface area contributed by atoms with Crippen LogP contribution in [0.1, 0.15) is 58.5 Å². The average molecular weight is 463 g/mol. The first-order chi connectivity index (χ1) is 16.6. The summed E-state index contributed by atoms with van der Waals surface area (Å²) in [7, 11) is 2.55. The van der Waals surface area contributed by atoms with Crippen LogP contribution < -0.4 is 0 Å². The minimum absolute atomic E-state index is 0.0227. The van der Waals surface area contributed by atoms with E-state index in [-0.39, 0.29) is 11.3 Å². The Labute approximate surface area is 199 Å². The highest BCUT2D eigenvalue weighted by Gasteiger charge is 2.31. The van der Waals surface area contributed by atoms with Gasteiger partial charge < -0.3 is 14.2 Å². The van der Waals surface area contributed by atoms with Gasteiger partial charge in [0.05, 0.1) is 26.5 Å². The maximum Gasteiger partial charge on any atom is 0.357 e. The molecular weight excluding hydrogens is 432 g/mol. The Bertz CT molecular complexity index is 1130. The van der Waals surface area contributed by atoms with E-state index < -0.39 is 11.9 Å². The van der Waals surface area contributed by atoms with Crippen LogP contribution >= 0.6 is 0 Å². The third-order valence-electron chi connectivity index (χ3n) is 6.20. The van der Waals surface area contributed by atoms with Gasteiger partial charge >= 0.3 is 11.9 Å². The molecule has 0 N–H and O–H groups in total. The molecule has 4 rings (SSSR count). The Hall–Kier alpha value is -3.45. The van der Waals surface area contributed by atoms with Crippen molar-refractivity contribution in [3.63, 3.8) is 0 Å². The molecule has 0 saturated heterocycles. The highest BCUT2D eigenvalue weighted by atomic mass is 16.5. The van der Waals surface area contributed by atoms with Crippen molar-refractivity contribution < 1.29 is 23.8 Å². The molecule has 0 spiro atoms. The van der Waals surface area contributed by atoms with Crippen molar-refractivity contribution in [1.82, 2.24) is 9.78 Å². The van der Waals surface area contributed by atoms with Gasteiger partial charge in [0.25, 0.3) is 0 Å². The van der Waals surface area contributed by atoms with E-state index in [0.717, 1.165) is 12.2 Å². The number of carbonyl (C=O) groups excluding carboxylic acids is 2. The molecule has 0 unspecified atom stereocenters. The zero-order valence-corrected chi connectivity index (χ0v) is 19.7. The molecule has 0 aliphatic heterocycles. The molecule has 2 aromatic carbocycles. The fourth-order valence-electron chi connectivity index (χ4n) is 4.46. The smallest absolute Gasteiger partial charge is 0.357 e. The van der Waals surface area contributed by atoms with Crippen molar-refractivity contribution in [2.24, 2.45) is 5.92 Å². The topological polar surface area (TPSA) is 79.7 Å². The molecule has 0 amide bonds. The molecule has 3 aromatic rings. The Morgan fingerprint density at radius 1 is 0.941 bits per heavy atom. The number of hydrogen-bond acceptors (Lipinski definition) is 6. The van der Waals surface area contributed by atoms with Crippen LogP contribution in [0.3, 0.4) is 0 Å². The third-order valence-corrected chi connectivity index (χ3v) is 6.20. The number of methoxy groups -OCH3 is 2. The number of esters is 2. The second-order valence-electron chi connectivity index (χ2n) is 8.52. The molecule has 0 atom stereocenters. The summed E-state index contributed by atoms with van der Waals surface area (Å²) < 4.78 is 17.5. The van der Waals surface area contributed by atoms with Gasteiger partial charge in [-0.2, -0.15) is 5.10 Å². The van der Waals surface area contributed by atoms with E-state index >= 15 is 0 Å². The number of carbonyl (C=O) groups is 2. The summed E-state index contributed by atoms with van der Waals surface area (Å²) in [4.78, 5) is 25.6. The number of aromatic nitrogens is 2. The molecule has 1 fully saturated rings. The van der Waals surface area contributed by atoms with Gasteiger partial charge in [-0.3, -0.25) is 0 Å². The van der Waals surface area contributed by atoms with E-state index in [1.54, 1.807) is 12.1 Å². The molecule has 1 saturated carbocycles. The van der Waals surface area contributed by atoms with Crippen LogP contribution in [0.5, 0.6) is 0 Å². The molecule has 0 bridgehead atoms. The van der Waals surface area contributed by atoms with E-state index in [9.17, 15) is 9.59 Å². The number of hydrogen-bond donors (Lipinski definition) is 0. The van der Waals surface area contributed by atoms with Crippen LogP contribution in [0.2, 0.25) is 0 Å². The Morgan fingerprint density at radius 3 is 2.38 bits per heavy atom. The Kier molecular flexibility index (Phi) is 7.75. The molecular formula is C27H30N2O5. The third kappa shape index (κ3) is 5.20. The first-order valence-corrected chi connectivity index (χ1v) is 11.6. The summed E-state index contributed by atoms with van der Waals surface area (Å²) in [6.45, 7) is 1.23. The lowest BCUT2D eigenvalue weighted by Gasteiger charge is -2.21. The molecule has 1 heterocycles. The lowest BCUT2D eigenvalue weighted by atomic mass is 9.90. The molecule has 1 aliphatic carbocycles. The summed E-state index contributed by atoms with van der Waals surface area (Å²) in [6.07, 6.45) is 6.36. The first kappa shape index (κ1) is 23.7. The van der Waals surface area contributed by atoms with Crippen molar-refractivity contribution in [1.29, 1.82) is 0 Å². The maximum atomic E-state index is 12.8. The highest BCUT2D eigenvalue weighted by Crippen LogP contribution is 2.30. The monoisotopic (exact) mass is 462 g/mol. The molecule has 178 valence electrons. The zero-order chi connectivity index (χ0) is 23.9. The number of para-hydroxylation sites is 1. The highest BCUT2D eigenvalue weighted by molar-refractivity contribution is 6.06. The predicted molar refractivity (Wildman–Crippen MR) is 128 cm³/mol. The van der Waals surface area contributed by atoms with Crippen LogP contribution in [0.25, 0.3) is 16.9 Å². The Morgan fingerprint density at radius 2 is 1.68 bits per heavy atom. The van der Waals surface area contributed by atoms with Gasteiger partial charge in [-0.25, -0.2) is 14.3 Å². The van der Waals surface area contributed by atoms with Crippen LogP contribution in [-0.2, 0) is 20.8 Å². The minimum atomic E-state index is -0.671. The lowest BCUT2D eigenvalue weighted by Crippen LogP contribution is -2.15. The molecule has 1 aliphatic rings. The molecule has 7 nitrogen and oxygen atoms in total. The standard InChI is InChI=1S/C27H30N2O5/c1-32-26(30)23-24(28-29(25(23)27(31)33-2)22-14-7-4-8-15-22)21-13-9-12-20(16-21)18-34-17-19-10-5-3-6-11-19/h4,7-9,12-16,19H,3,5-6,10-11,17-18H2,1-2H3. The van der Waals surface area contributed by atoms with Gasteiger partial charge in [0.2, 0.25) is 0 Å². The van der Waals surface area contributed by atoms with Gasteiger partial charge in [0.1, 0.15) is 11.3 Å². The summed E-state index contributed by atoms with van der Waals surface area (Å²) in [6, 6.07) is 16.8. The average Bonchev–Trinajstić information content (AvgIpc) is 3.30. The summed E-state index contributed by atoms with van der Waals surface area (Å²) in [5.41, 5.74) is 2.74. The van der Waals surface area contributed by atoms with Crippen molar-refractivity contribution in [2.45, 2.75) is 38.7 Å². The molecule has 7 heteroatoms. The number of ether oxygens (including phenoxy) is 3. The van der Waals surface area contributed by atoms with E-state index in [4.69, 9.17) is 14.2 Å². The largest absolute Gasteiger partial charge is 0.465 e. The van der Waals surface area contributed by atoms with Gasteiger partial charge in [-0.15, -0.1) is 0 Å². The second kappa shape index (κ2) is 11.1. The lowest BCUT2D eigenvalue weighted by molar-refractivity contribution is 0.0549. The number of nitrogens with zero attached hydrogens (tertiary/aromatic N) is 2. The SMILES string of the molecule is COC(=O)c1c(-c2cccc(COCC3CCCCC3)c2)nn(-c2ccccc2)c1C(=O)OC. The number of rotatable bonds is 8. The van der Waals surface area contributed by atoms with E-state index in [2.05, 4.69) is 5.10 Å². The molecule has 0 radical (unpaired) electrons. The van der Waals surface area contributed by atoms with Crippen LogP contribution in [-0.4, -0.2) is 42.5 Å². The van der Waals surface area contributed by atoms with Crippen molar-refractivity contribution >= 4 is 11.9 Å². The van der Waals surface area contributed by atoms with Crippen molar-refractivity contribution in [3.8, 4) is 16.9 Å². The minimum Gasteiger partial charge on any atom is -0.465 e. The van der Waals surface area contributed by atoms with Crippen LogP contribution in [0.15, 0.2) is 54.6 Å². The number of benzene rings is 2. The summed E-state index contributed by atoms with van der Waals surface area (Å²) in [5.74, 6) is -0.696. The Balaban J connectivity index is 1.69. The predicted octanol–water partition coefficient (Wildman–Crippen LogP) is 5.21. The summed E-state index contributed by atoms with van der Waals surface area (Å²) >= 11 is 0. The fourth-order valence-corrected chi connectivity index (χ4v) is 4.46. The van der Waals surface area contributed by atoms with Crippen molar-refractivity contribution in [2.75, 3.05) is 20.8 Å². The van der Waals surface area contributed by atoms with Crippen LogP contribution in [0, 0.1) is 5.92 Å². The van der Waals surface area contributed by atoms with Gasteiger partial charge in [-0.05, 0) is 42.5 Å². The zero-order valence-electron chi connectivity index (χ0n) is 19.7. The van der Waals surface area contributed by atoms with Crippen LogP contribution in [0.4, 0.5) is 0 Å². The fraction of sp³-hybridized carbons (Fsp3) is 0.370.